The van der Waals surface area contributed by atoms with Gasteiger partial charge in [0.25, 0.3) is 0 Å². The van der Waals surface area contributed by atoms with E-state index in [1.165, 1.54) is 51.1 Å². The summed E-state index contributed by atoms with van der Waals surface area (Å²) in [6, 6.07) is 10.9. The Hall–Kier alpha value is -0.860. The standard InChI is InChI=1S/C17H28N2/c1-15-11-18-12-16(2)14-19(13-15)10-6-9-17-7-4-3-5-8-17/h3-5,7-8,15-16,18H,6,9-14H2,1-2H3. The molecule has 2 rings (SSSR count). The van der Waals surface area contributed by atoms with Gasteiger partial charge in [-0.25, -0.2) is 0 Å². The largest absolute Gasteiger partial charge is 0.316 e. The summed E-state index contributed by atoms with van der Waals surface area (Å²) >= 11 is 0. The Bertz CT molecular complexity index is 338. The maximum atomic E-state index is 3.56. The van der Waals surface area contributed by atoms with Crippen molar-refractivity contribution in [2.75, 3.05) is 32.7 Å². The summed E-state index contributed by atoms with van der Waals surface area (Å²) in [5, 5.41) is 3.56. The third-order valence-electron chi connectivity index (χ3n) is 3.91. The van der Waals surface area contributed by atoms with Crippen LogP contribution in [0.5, 0.6) is 0 Å². The first-order valence-corrected chi connectivity index (χ1v) is 7.71. The van der Waals surface area contributed by atoms with Crippen molar-refractivity contribution in [1.82, 2.24) is 10.2 Å². The van der Waals surface area contributed by atoms with Gasteiger partial charge in [-0.05, 0) is 49.9 Å². The van der Waals surface area contributed by atoms with E-state index in [1.54, 1.807) is 0 Å². The molecule has 1 aromatic carbocycles. The van der Waals surface area contributed by atoms with Crippen molar-refractivity contribution in [2.45, 2.75) is 26.7 Å². The molecule has 0 spiro atoms. The van der Waals surface area contributed by atoms with Crippen LogP contribution in [0.1, 0.15) is 25.8 Å². The lowest BCUT2D eigenvalue weighted by atomic mass is 10.0. The number of rotatable bonds is 4. The Balaban J connectivity index is 1.76. The molecule has 0 amide bonds. The highest BCUT2D eigenvalue weighted by molar-refractivity contribution is 5.14. The third kappa shape index (κ3) is 5.33. The van der Waals surface area contributed by atoms with Gasteiger partial charge in [0, 0.05) is 13.1 Å². The molecule has 2 atom stereocenters. The molecule has 1 heterocycles. The second-order valence-electron chi connectivity index (χ2n) is 6.22. The summed E-state index contributed by atoms with van der Waals surface area (Å²) < 4.78 is 0. The molecule has 0 radical (unpaired) electrons. The van der Waals surface area contributed by atoms with Crippen LogP contribution in [-0.4, -0.2) is 37.6 Å². The molecule has 106 valence electrons. The second-order valence-corrected chi connectivity index (χ2v) is 6.22. The SMILES string of the molecule is CC1CNCC(C)CN(CCCc2ccccc2)C1. The average molecular weight is 260 g/mol. The van der Waals surface area contributed by atoms with Gasteiger partial charge < -0.3 is 10.2 Å². The predicted octanol–water partition coefficient (Wildman–Crippen LogP) is 2.80. The molecule has 0 aromatic heterocycles. The number of nitrogens with zero attached hydrogens (tertiary/aromatic N) is 1. The van der Waals surface area contributed by atoms with Gasteiger partial charge in [-0.3, -0.25) is 0 Å². The van der Waals surface area contributed by atoms with Crippen molar-refractivity contribution in [3.63, 3.8) is 0 Å². The van der Waals surface area contributed by atoms with Gasteiger partial charge in [0.05, 0.1) is 0 Å². The summed E-state index contributed by atoms with van der Waals surface area (Å²) in [7, 11) is 0. The van der Waals surface area contributed by atoms with Crippen LogP contribution in [0.3, 0.4) is 0 Å². The smallest absolute Gasteiger partial charge is 0.00193 e. The fraction of sp³-hybridized carbons (Fsp3) is 0.647. The highest BCUT2D eigenvalue weighted by atomic mass is 15.1. The molecule has 2 unspecified atom stereocenters. The Kier molecular flexibility index (Phi) is 5.87. The van der Waals surface area contributed by atoms with Crippen molar-refractivity contribution in [3.8, 4) is 0 Å². The summed E-state index contributed by atoms with van der Waals surface area (Å²) in [4.78, 5) is 2.67. The van der Waals surface area contributed by atoms with E-state index in [0.29, 0.717) is 0 Å². The minimum atomic E-state index is 0.768. The summed E-state index contributed by atoms with van der Waals surface area (Å²) in [5.74, 6) is 1.54. The molecule has 19 heavy (non-hydrogen) atoms. The molecule has 1 aliphatic rings. The molecule has 0 aliphatic carbocycles. The van der Waals surface area contributed by atoms with Crippen LogP contribution >= 0.6 is 0 Å². The Labute approximate surface area is 118 Å². The molecule has 0 saturated carbocycles. The van der Waals surface area contributed by atoms with Crippen LogP contribution in [-0.2, 0) is 6.42 Å². The monoisotopic (exact) mass is 260 g/mol. The van der Waals surface area contributed by atoms with E-state index in [-0.39, 0.29) is 0 Å². The zero-order chi connectivity index (χ0) is 13.5. The molecular formula is C17H28N2. The molecule has 2 nitrogen and oxygen atoms in total. The summed E-state index contributed by atoms with van der Waals surface area (Å²) in [6.45, 7) is 10.8. The average Bonchev–Trinajstić information content (AvgIpc) is 2.38. The van der Waals surface area contributed by atoms with Gasteiger partial charge in [0.15, 0.2) is 0 Å². The lowest BCUT2D eigenvalue weighted by molar-refractivity contribution is 0.184. The fourth-order valence-corrected chi connectivity index (χ4v) is 3.00. The summed E-state index contributed by atoms with van der Waals surface area (Å²) in [5.41, 5.74) is 1.47. The molecule has 1 fully saturated rings. The van der Waals surface area contributed by atoms with Crippen LogP contribution in [0.4, 0.5) is 0 Å². The van der Waals surface area contributed by atoms with Gasteiger partial charge in [-0.1, -0.05) is 44.2 Å². The Morgan fingerprint density at radius 2 is 1.68 bits per heavy atom. The van der Waals surface area contributed by atoms with Gasteiger partial charge in [0.1, 0.15) is 0 Å². The van der Waals surface area contributed by atoms with Gasteiger partial charge in [0.2, 0.25) is 0 Å². The molecular weight excluding hydrogens is 232 g/mol. The van der Waals surface area contributed by atoms with Gasteiger partial charge in [-0.15, -0.1) is 0 Å². The topological polar surface area (TPSA) is 15.3 Å². The zero-order valence-electron chi connectivity index (χ0n) is 12.4. The zero-order valence-corrected chi connectivity index (χ0v) is 12.4. The van der Waals surface area contributed by atoms with Crippen LogP contribution in [0, 0.1) is 11.8 Å². The maximum Gasteiger partial charge on any atom is 0.00193 e. The van der Waals surface area contributed by atoms with E-state index >= 15 is 0 Å². The van der Waals surface area contributed by atoms with Gasteiger partial charge in [-0.2, -0.15) is 0 Å². The minimum absolute atomic E-state index is 0.768. The first-order chi connectivity index (χ1) is 9.24. The summed E-state index contributed by atoms with van der Waals surface area (Å²) in [6.07, 6.45) is 2.48. The lowest BCUT2D eigenvalue weighted by Crippen LogP contribution is -2.43. The third-order valence-corrected chi connectivity index (χ3v) is 3.91. The van der Waals surface area contributed by atoms with E-state index in [1.807, 2.05) is 0 Å². The van der Waals surface area contributed by atoms with Crippen molar-refractivity contribution in [3.05, 3.63) is 35.9 Å². The highest BCUT2D eigenvalue weighted by Crippen LogP contribution is 2.10. The number of aryl methyl sites for hydroxylation is 1. The van der Waals surface area contributed by atoms with Crippen molar-refractivity contribution >= 4 is 0 Å². The van der Waals surface area contributed by atoms with E-state index in [0.717, 1.165) is 11.8 Å². The number of nitrogens with one attached hydrogen (secondary N) is 1. The minimum Gasteiger partial charge on any atom is -0.316 e. The Morgan fingerprint density at radius 1 is 1.05 bits per heavy atom. The molecule has 1 aliphatic heterocycles. The van der Waals surface area contributed by atoms with Gasteiger partial charge >= 0.3 is 0 Å². The van der Waals surface area contributed by atoms with E-state index in [9.17, 15) is 0 Å². The highest BCUT2D eigenvalue weighted by Gasteiger charge is 2.16. The fourth-order valence-electron chi connectivity index (χ4n) is 3.00. The van der Waals surface area contributed by atoms with Crippen LogP contribution in [0.2, 0.25) is 0 Å². The number of hydrogen-bond acceptors (Lipinski definition) is 2. The number of hydrogen-bond donors (Lipinski definition) is 1. The molecule has 1 saturated heterocycles. The second kappa shape index (κ2) is 7.66. The predicted molar refractivity (Wildman–Crippen MR) is 82.4 cm³/mol. The van der Waals surface area contributed by atoms with E-state index in [2.05, 4.69) is 54.4 Å². The van der Waals surface area contributed by atoms with E-state index in [4.69, 9.17) is 0 Å². The molecule has 1 N–H and O–H groups in total. The molecule has 0 bridgehead atoms. The van der Waals surface area contributed by atoms with Crippen LogP contribution in [0.15, 0.2) is 30.3 Å². The van der Waals surface area contributed by atoms with Crippen molar-refractivity contribution in [2.24, 2.45) is 11.8 Å². The van der Waals surface area contributed by atoms with Crippen LogP contribution < -0.4 is 5.32 Å². The molecule has 2 heteroatoms. The lowest BCUT2D eigenvalue weighted by Gasteiger charge is -2.31. The first kappa shape index (κ1) is 14.5. The van der Waals surface area contributed by atoms with Crippen LogP contribution in [0.25, 0.3) is 0 Å². The Morgan fingerprint density at radius 3 is 2.32 bits per heavy atom. The number of benzene rings is 1. The normalized spacial score (nSPS) is 25.8. The van der Waals surface area contributed by atoms with E-state index < -0.39 is 0 Å². The molecule has 1 aromatic rings. The quantitative estimate of drug-likeness (QED) is 0.895. The van der Waals surface area contributed by atoms with Crippen molar-refractivity contribution < 1.29 is 0 Å². The maximum absolute atomic E-state index is 3.56. The first-order valence-electron chi connectivity index (χ1n) is 7.71. The van der Waals surface area contributed by atoms with Crippen molar-refractivity contribution in [1.29, 1.82) is 0 Å².